The second kappa shape index (κ2) is 4.36. The average Bonchev–Trinajstić information content (AvgIpc) is 2.39. The molecular weight excluding hydrogens is 246 g/mol. The molecule has 0 spiro atoms. The Labute approximate surface area is 122 Å². The van der Waals surface area contributed by atoms with Crippen molar-refractivity contribution in [3.05, 3.63) is 42.0 Å². The molecule has 0 radical (unpaired) electrons. The molecule has 1 aromatic carbocycles. The maximum Gasteiger partial charge on any atom is 0.115 e. The fourth-order valence-electron chi connectivity index (χ4n) is 4.68. The van der Waals surface area contributed by atoms with Gasteiger partial charge in [-0.05, 0) is 29.3 Å². The Morgan fingerprint density at radius 1 is 1.50 bits per heavy atom. The van der Waals surface area contributed by atoms with Gasteiger partial charge in [0.2, 0.25) is 0 Å². The summed E-state index contributed by atoms with van der Waals surface area (Å²) in [6.45, 7) is 11.0. The van der Waals surface area contributed by atoms with Crippen LogP contribution < -0.4 is 0 Å². The van der Waals surface area contributed by atoms with Crippen molar-refractivity contribution in [2.45, 2.75) is 38.1 Å². The molecule has 0 amide bonds. The molecule has 1 aliphatic carbocycles. The third-order valence-corrected chi connectivity index (χ3v) is 6.20. The third kappa shape index (κ3) is 1.74. The van der Waals surface area contributed by atoms with Gasteiger partial charge in [0.25, 0.3) is 0 Å². The predicted octanol–water partition coefficient (Wildman–Crippen LogP) is 3.25. The first kappa shape index (κ1) is 13.7. The summed E-state index contributed by atoms with van der Waals surface area (Å²) >= 11 is 0. The molecule has 0 saturated carbocycles. The number of phenolic OH excluding ortho intramolecular Hbond substituents is 1. The molecule has 2 aliphatic rings. The summed E-state index contributed by atoms with van der Waals surface area (Å²) in [5.74, 6) is 1.07. The first-order chi connectivity index (χ1) is 9.40. The summed E-state index contributed by atoms with van der Waals surface area (Å²) in [7, 11) is 2.37. The number of benzene rings is 1. The van der Waals surface area contributed by atoms with Crippen LogP contribution in [0.15, 0.2) is 30.9 Å². The summed E-state index contributed by atoms with van der Waals surface area (Å²) in [4.78, 5) is 0. The van der Waals surface area contributed by atoms with Gasteiger partial charge in [0.1, 0.15) is 5.75 Å². The molecule has 3 rings (SSSR count). The van der Waals surface area contributed by atoms with Crippen LogP contribution in [0.3, 0.4) is 0 Å². The number of hydrogen-bond acceptors (Lipinski definition) is 1. The minimum atomic E-state index is 0.255. The van der Waals surface area contributed by atoms with Crippen molar-refractivity contribution in [1.29, 1.82) is 0 Å². The molecule has 4 atom stereocenters. The normalized spacial score (nSPS) is 39.1. The van der Waals surface area contributed by atoms with Gasteiger partial charge in [0.15, 0.2) is 0 Å². The smallest absolute Gasteiger partial charge is 0.115 e. The lowest BCUT2D eigenvalue weighted by Gasteiger charge is -2.57. The molecule has 1 aromatic rings. The van der Waals surface area contributed by atoms with E-state index in [1.54, 1.807) is 0 Å². The van der Waals surface area contributed by atoms with Crippen molar-refractivity contribution in [2.24, 2.45) is 5.92 Å². The Bertz CT molecular complexity index is 552. The summed E-state index contributed by atoms with van der Waals surface area (Å²) in [5.41, 5.74) is 3.07. The number of hydrogen-bond donors (Lipinski definition) is 1. The second-order valence-corrected chi connectivity index (χ2v) is 7.24. The lowest BCUT2D eigenvalue weighted by atomic mass is 9.58. The highest BCUT2D eigenvalue weighted by atomic mass is 16.3. The van der Waals surface area contributed by atoms with E-state index in [2.05, 4.69) is 39.6 Å². The van der Waals surface area contributed by atoms with E-state index in [0.717, 1.165) is 17.4 Å². The van der Waals surface area contributed by atoms with E-state index >= 15 is 0 Å². The zero-order valence-electron chi connectivity index (χ0n) is 12.9. The quantitative estimate of drug-likeness (QED) is 0.647. The maximum absolute atomic E-state index is 9.81. The van der Waals surface area contributed by atoms with Gasteiger partial charge in [0.05, 0.1) is 26.2 Å². The van der Waals surface area contributed by atoms with E-state index in [9.17, 15) is 5.11 Å². The van der Waals surface area contributed by atoms with Gasteiger partial charge in [0, 0.05) is 24.2 Å². The standard InChI is InChI=1S/C18H25NO/c1-5-9-19(4)10-8-18(3)13(2)17(19)12-14-11-15(20)6-7-16(14)18/h5-7,11,13,17H,1,8-10,12H2,2-4H3/p+1. The van der Waals surface area contributed by atoms with Crippen LogP contribution in [-0.2, 0) is 11.8 Å². The van der Waals surface area contributed by atoms with Gasteiger partial charge in [-0.25, -0.2) is 0 Å². The van der Waals surface area contributed by atoms with Crippen molar-refractivity contribution >= 4 is 0 Å². The minimum Gasteiger partial charge on any atom is -0.508 e. The van der Waals surface area contributed by atoms with Gasteiger partial charge in [-0.15, -0.1) is 0 Å². The van der Waals surface area contributed by atoms with Crippen LogP contribution >= 0.6 is 0 Å². The number of fused-ring (bicyclic) bond motifs is 4. The summed E-state index contributed by atoms with van der Waals surface area (Å²) in [6, 6.07) is 6.61. The number of rotatable bonds is 2. The zero-order chi connectivity index (χ0) is 14.5. The van der Waals surface area contributed by atoms with Crippen LogP contribution in [0.4, 0.5) is 0 Å². The Morgan fingerprint density at radius 2 is 2.25 bits per heavy atom. The Kier molecular flexibility index (Phi) is 2.98. The number of quaternary nitrogens is 1. The average molecular weight is 272 g/mol. The minimum absolute atomic E-state index is 0.255. The molecule has 1 fully saturated rings. The Balaban J connectivity index is 2.10. The van der Waals surface area contributed by atoms with Crippen LogP contribution in [-0.4, -0.2) is 35.8 Å². The van der Waals surface area contributed by atoms with E-state index in [1.807, 2.05) is 12.1 Å². The van der Waals surface area contributed by atoms with Gasteiger partial charge in [-0.2, -0.15) is 0 Å². The lowest BCUT2D eigenvalue weighted by molar-refractivity contribution is -0.939. The van der Waals surface area contributed by atoms with Crippen molar-refractivity contribution in [3.8, 4) is 5.75 Å². The molecule has 1 heterocycles. The number of piperidine rings is 1. The highest BCUT2D eigenvalue weighted by molar-refractivity contribution is 5.43. The van der Waals surface area contributed by atoms with E-state index in [4.69, 9.17) is 0 Å². The van der Waals surface area contributed by atoms with Crippen molar-refractivity contribution < 1.29 is 9.59 Å². The number of aromatic hydroxyl groups is 1. The lowest BCUT2D eigenvalue weighted by Crippen LogP contribution is -2.66. The molecule has 2 heteroatoms. The zero-order valence-corrected chi connectivity index (χ0v) is 12.9. The van der Waals surface area contributed by atoms with Gasteiger partial charge >= 0.3 is 0 Å². The fourth-order valence-corrected chi connectivity index (χ4v) is 4.68. The fraction of sp³-hybridized carbons (Fsp3) is 0.556. The molecule has 2 nitrogen and oxygen atoms in total. The molecule has 0 aromatic heterocycles. The Hall–Kier alpha value is -1.28. The number of likely N-dealkylation sites (N-methyl/N-ethyl adjacent to an activating group) is 1. The third-order valence-electron chi connectivity index (χ3n) is 6.20. The topological polar surface area (TPSA) is 20.2 Å². The molecule has 4 unspecified atom stereocenters. The maximum atomic E-state index is 9.81. The summed E-state index contributed by atoms with van der Waals surface area (Å²) in [5, 5.41) is 9.81. The predicted molar refractivity (Wildman–Crippen MR) is 82.8 cm³/mol. The van der Waals surface area contributed by atoms with Gasteiger partial charge in [-0.1, -0.05) is 26.5 Å². The molecular formula is C18H26NO+. The van der Waals surface area contributed by atoms with E-state index in [1.165, 1.54) is 24.1 Å². The van der Waals surface area contributed by atoms with Crippen molar-refractivity contribution in [1.82, 2.24) is 0 Å². The van der Waals surface area contributed by atoms with Gasteiger partial charge < -0.3 is 9.59 Å². The van der Waals surface area contributed by atoms with Crippen molar-refractivity contribution in [3.63, 3.8) is 0 Å². The van der Waals surface area contributed by atoms with Crippen molar-refractivity contribution in [2.75, 3.05) is 20.1 Å². The van der Waals surface area contributed by atoms with E-state index in [0.29, 0.717) is 17.7 Å². The largest absolute Gasteiger partial charge is 0.508 e. The molecule has 108 valence electrons. The summed E-state index contributed by atoms with van der Waals surface area (Å²) < 4.78 is 1.09. The van der Waals surface area contributed by atoms with Crippen LogP contribution in [0.1, 0.15) is 31.4 Å². The van der Waals surface area contributed by atoms with E-state index < -0.39 is 0 Å². The van der Waals surface area contributed by atoms with Crippen LogP contribution in [0.5, 0.6) is 5.75 Å². The second-order valence-electron chi connectivity index (χ2n) is 7.24. The molecule has 20 heavy (non-hydrogen) atoms. The Morgan fingerprint density at radius 3 is 2.95 bits per heavy atom. The number of nitrogens with zero attached hydrogens (tertiary/aromatic N) is 1. The van der Waals surface area contributed by atoms with Gasteiger partial charge in [-0.3, -0.25) is 0 Å². The molecule has 1 saturated heterocycles. The molecule has 1 N–H and O–H groups in total. The highest BCUT2D eigenvalue weighted by Crippen LogP contribution is 2.50. The van der Waals surface area contributed by atoms with E-state index in [-0.39, 0.29) is 5.41 Å². The number of likely N-dealkylation sites (tertiary alicyclic amines) is 1. The monoisotopic (exact) mass is 272 g/mol. The van der Waals surface area contributed by atoms with Crippen LogP contribution in [0.2, 0.25) is 0 Å². The number of phenols is 1. The highest BCUT2D eigenvalue weighted by Gasteiger charge is 2.54. The van der Waals surface area contributed by atoms with Crippen LogP contribution in [0.25, 0.3) is 0 Å². The van der Waals surface area contributed by atoms with Crippen LogP contribution in [0, 0.1) is 5.92 Å². The SMILES string of the molecule is C=CC[N+]1(C)CCC2(C)c3ccc(O)cc3CC1C2C. The molecule has 1 aliphatic heterocycles. The summed E-state index contributed by atoms with van der Waals surface area (Å²) in [6.07, 6.45) is 4.35. The first-order valence-corrected chi connectivity index (χ1v) is 7.68. The first-order valence-electron chi connectivity index (χ1n) is 7.68. The molecule has 2 bridgehead atoms.